The largest absolute Gasteiger partial charge is 0.311 e. The van der Waals surface area contributed by atoms with Crippen LogP contribution in [0.25, 0.3) is 11.3 Å². The number of H-pyrrole nitrogens is 1. The van der Waals surface area contributed by atoms with Crippen molar-refractivity contribution < 1.29 is 0 Å². The van der Waals surface area contributed by atoms with Crippen molar-refractivity contribution in [1.82, 2.24) is 15.5 Å². The van der Waals surface area contributed by atoms with Crippen molar-refractivity contribution in [2.75, 3.05) is 6.54 Å². The van der Waals surface area contributed by atoms with Gasteiger partial charge in [-0.1, -0.05) is 30.7 Å². The van der Waals surface area contributed by atoms with Gasteiger partial charge in [0.05, 0.1) is 5.69 Å². The maximum Gasteiger partial charge on any atom is 0.0924 e. The SMILES string of the molecule is CCNCc1cc(-c2cccc(C)c2)n[nH]1. The van der Waals surface area contributed by atoms with Gasteiger partial charge in [0.15, 0.2) is 0 Å². The number of aromatic nitrogens is 2. The molecule has 0 aliphatic carbocycles. The molecule has 1 aromatic carbocycles. The maximum atomic E-state index is 4.32. The van der Waals surface area contributed by atoms with E-state index < -0.39 is 0 Å². The lowest BCUT2D eigenvalue weighted by Gasteiger charge is -1.97. The fourth-order valence-corrected chi connectivity index (χ4v) is 1.66. The number of aromatic amines is 1. The predicted octanol–water partition coefficient (Wildman–Crippen LogP) is 2.49. The third-order valence-corrected chi connectivity index (χ3v) is 2.51. The summed E-state index contributed by atoms with van der Waals surface area (Å²) in [5.41, 5.74) is 4.56. The normalized spacial score (nSPS) is 10.6. The van der Waals surface area contributed by atoms with Crippen molar-refractivity contribution in [2.24, 2.45) is 0 Å². The average molecular weight is 215 g/mol. The van der Waals surface area contributed by atoms with Gasteiger partial charge in [-0.2, -0.15) is 5.10 Å². The van der Waals surface area contributed by atoms with Gasteiger partial charge in [-0.25, -0.2) is 0 Å². The number of aryl methyl sites for hydroxylation is 1. The van der Waals surface area contributed by atoms with Crippen LogP contribution in [0.1, 0.15) is 18.2 Å². The van der Waals surface area contributed by atoms with E-state index in [1.165, 1.54) is 11.1 Å². The van der Waals surface area contributed by atoms with E-state index in [-0.39, 0.29) is 0 Å². The first-order valence-electron chi connectivity index (χ1n) is 5.61. The third-order valence-electron chi connectivity index (χ3n) is 2.51. The van der Waals surface area contributed by atoms with Crippen LogP contribution in [-0.4, -0.2) is 16.7 Å². The molecule has 2 aromatic rings. The van der Waals surface area contributed by atoms with E-state index >= 15 is 0 Å². The second-order valence-electron chi connectivity index (χ2n) is 3.93. The number of hydrogen-bond acceptors (Lipinski definition) is 2. The Balaban J connectivity index is 2.18. The predicted molar refractivity (Wildman–Crippen MR) is 66.1 cm³/mol. The van der Waals surface area contributed by atoms with Crippen LogP contribution < -0.4 is 5.32 Å². The quantitative estimate of drug-likeness (QED) is 0.822. The molecule has 2 N–H and O–H groups in total. The van der Waals surface area contributed by atoms with Crippen LogP contribution in [-0.2, 0) is 6.54 Å². The first kappa shape index (κ1) is 10.9. The molecule has 3 nitrogen and oxygen atoms in total. The summed E-state index contributed by atoms with van der Waals surface area (Å²) >= 11 is 0. The number of nitrogens with one attached hydrogen (secondary N) is 2. The Hall–Kier alpha value is -1.61. The molecule has 0 aliphatic rings. The molecule has 16 heavy (non-hydrogen) atoms. The van der Waals surface area contributed by atoms with E-state index in [2.05, 4.69) is 59.7 Å². The first-order chi connectivity index (χ1) is 7.79. The molecule has 0 saturated heterocycles. The molecule has 0 saturated carbocycles. The van der Waals surface area contributed by atoms with Crippen molar-refractivity contribution in [3.63, 3.8) is 0 Å². The van der Waals surface area contributed by atoms with Gasteiger partial charge in [-0.15, -0.1) is 0 Å². The standard InChI is InChI=1S/C13H17N3/c1-3-14-9-12-8-13(16-15-12)11-6-4-5-10(2)7-11/h4-8,14H,3,9H2,1-2H3,(H,15,16). The molecule has 1 heterocycles. The van der Waals surface area contributed by atoms with Crippen LogP contribution in [0.5, 0.6) is 0 Å². The highest BCUT2D eigenvalue weighted by Gasteiger charge is 2.03. The highest BCUT2D eigenvalue weighted by atomic mass is 15.1. The molecule has 0 fully saturated rings. The molecule has 3 heteroatoms. The molecular weight excluding hydrogens is 198 g/mol. The topological polar surface area (TPSA) is 40.7 Å². The second-order valence-corrected chi connectivity index (χ2v) is 3.93. The van der Waals surface area contributed by atoms with Crippen molar-refractivity contribution in [1.29, 1.82) is 0 Å². The summed E-state index contributed by atoms with van der Waals surface area (Å²) in [4.78, 5) is 0. The Labute approximate surface area is 95.9 Å². The van der Waals surface area contributed by atoms with E-state index in [1.807, 2.05) is 0 Å². The summed E-state index contributed by atoms with van der Waals surface area (Å²) in [7, 11) is 0. The zero-order valence-corrected chi connectivity index (χ0v) is 9.75. The lowest BCUT2D eigenvalue weighted by atomic mass is 10.1. The van der Waals surface area contributed by atoms with Gasteiger partial charge in [0.25, 0.3) is 0 Å². The molecule has 0 atom stereocenters. The van der Waals surface area contributed by atoms with Gasteiger partial charge in [0, 0.05) is 17.8 Å². The molecule has 1 aromatic heterocycles. The fourth-order valence-electron chi connectivity index (χ4n) is 1.66. The van der Waals surface area contributed by atoms with E-state index in [9.17, 15) is 0 Å². The van der Waals surface area contributed by atoms with E-state index in [4.69, 9.17) is 0 Å². The zero-order chi connectivity index (χ0) is 11.4. The number of benzene rings is 1. The van der Waals surface area contributed by atoms with Gasteiger partial charge in [0.2, 0.25) is 0 Å². The number of rotatable bonds is 4. The van der Waals surface area contributed by atoms with Crippen LogP contribution in [0, 0.1) is 6.92 Å². The zero-order valence-electron chi connectivity index (χ0n) is 9.75. The van der Waals surface area contributed by atoms with Gasteiger partial charge in [0.1, 0.15) is 0 Å². The molecule has 84 valence electrons. The molecule has 0 unspecified atom stereocenters. The highest BCUT2D eigenvalue weighted by Crippen LogP contribution is 2.18. The lowest BCUT2D eigenvalue weighted by molar-refractivity contribution is 0.707. The van der Waals surface area contributed by atoms with Gasteiger partial charge in [-0.05, 0) is 25.6 Å². The minimum absolute atomic E-state index is 0.843. The Kier molecular flexibility index (Phi) is 3.37. The third kappa shape index (κ3) is 2.49. The lowest BCUT2D eigenvalue weighted by Crippen LogP contribution is -2.11. The smallest absolute Gasteiger partial charge is 0.0924 e. The minimum atomic E-state index is 0.843. The second kappa shape index (κ2) is 4.94. The maximum absolute atomic E-state index is 4.32. The molecule has 0 spiro atoms. The van der Waals surface area contributed by atoms with Crippen molar-refractivity contribution >= 4 is 0 Å². The molecule has 2 rings (SSSR count). The van der Waals surface area contributed by atoms with Crippen molar-refractivity contribution in [3.8, 4) is 11.3 Å². The minimum Gasteiger partial charge on any atom is -0.311 e. The van der Waals surface area contributed by atoms with Crippen LogP contribution in [0.2, 0.25) is 0 Å². The number of hydrogen-bond donors (Lipinski definition) is 2. The Morgan fingerprint density at radius 3 is 2.94 bits per heavy atom. The molecule has 0 amide bonds. The van der Waals surface area contributed by atoms with Crippen LogP contribution in [0.4, 0.5) is 0 Å². The Morgan fingerprint density at radius 1 is 1.31 bits per heavy atom. The monoisotopic (exact) mass is 215 g/mol. The van der Waals surface area contributed by atoms with Crippen LogP contribution in [0.15, 0.2) is 30.3 Å². The van der Waals surface area contributed by atoms with Crippen molar-refractivity contribution in [2.45, 2.75) is 20.4 Å². The van der Waals surface area contributed by atoms with E-state index in [0.717, 1.165) is 24.5 Å². The Morgan fingerprint density at radius 2 is 2.19 bits per heavy atom. The highest BCUT2D eigenvalue weighted by molar-refractivity contribution is 5.60. The van der Waals surface area contributed by atoms with Gasteiger partial charge in [-0.3, -0.25) is 5.10 Å². The molecule has 0 bridgehead atoms. The molecule has 0 aliphatic heterocycles. The van der Waals surface area contributed by atoms with Gasteiger partial charge < -0.3 is 5.32 Å². The average Bonchev–Trinajstić information content (AvgIpc) is 2.75. The summed E-state index contributed by atoms with van der Waals surface area (Å²) in [6.45, 7) is 6.00. The van der Waals surface area contributed by atoms with Crippen molar-refractivity contribution in [3.05, 3.63) is 41.6 Å². The number of nitrogens with zero attached hydrogens (tertiary/aromatic N) is 1. The van der Waals surface area contributed by atoms with Crippen LogP contribution in [0.3, 0.4) is 0 Å². The molecule has 0 radical (unpaired) electrons. The Bertz CT molecular complexity index is 460. The summed E-state index contributed by atoms with van der Waals surface area (Å²) < 4.78 is 0. The van der Waals surface area contributed by atoms with Gasteiger partial charge >= 0.3 is 0 Å². The molecular formula is C13H17N3. The summed E-state index contributed by atoms with van der Waals surface area (Å²) in [5.74, 6) is 0. The fraction of sp³-hybridized carbons (Fsp3) is 0.308. The van der Waals surface area contributed by atoms with E-state index in [1.54, 1.807) is 0 Å². The first-order valence-corrected chi connectivity index (χ1v) is 5.61. The van der Waals surface area contributed by atoms with E-state index in [0.29, 0.717) is 0 Å². The summed E-state index contributed by atoms with van der Waals surface area (Å²) in [5, 5.41) is 10.6. The summed E-state index contributed by atoms with van der Waals surface area (Å²) in [6, 6.07) is 10.5. The van der Waals surface area contributed by atoms with Crippen LogP contribution >= 0.6 is 0 Å². The summed E-state index contributed by atoms with van der Waals surface area (Å²) in [6.07, 6.45) is 0.